The second kappa shape index (κ2) is 6.33. The minimum Gasteiger partial charge on any atom is -0.422 e. The molecular formula is C17H12N2O5. The summed E-state index contributed by atoms with van der Waals surface area (Å²) in [4.78, 5) is 34.4. The summed E-state index contributed by atoms with van der Waals surface area (Å²) in [5.41, 5.74) is -0.0651. The zero-order valence-corrected chi connectivity index (χ0v) is 12.4. The second-order valence-corrected chi connectivity index (χ2v) is 5.10. The Morgan fingerprint density at radius 2 is 1.88 bits per heavy atom. The summed E-state index contributed by atoms with van der Waals surface area (Å²) < 4.78 is 5.06. The van der Waals surface area contributed by atoms with E-state index in [0.29, 0.717) is 5.39 Å². The van der Waals surface area contributed by atoms with Gasteiger partial charge in [0, 0.05) is 24.1 Å². The second-order valence-electron chi connectivity index (χ2n) is 5.10. The maximum absolute atomic E-state index is 12.2. The summed E-state index contributed by atoms with van der Waals surface area (Å²) in [7, 11) is 0. The highest BCUT2D eigenvalue weighted by molar-refractivity contribution is 5.96. The fraction of sp³-hybridized carbons (Fsp3) is 0.0588. The zero-order valence-electron chi connectivity index (χ0n) is 12.4. The molecular weight excluding hydrogens is 312 g/mol. The third-order valence-corrected chi connectivity index (χ3v) is 3.47. The third-order valence-electron chi connectivity index (χ3n) is 3.47. The van der Waals surface area contributed by atoms with E-state index in [1.807, 2.05) is 30.3 Å². The van der Waals surface area contributed by atoms with E-state index < -0.39 is 16.5 Å². The number of nitrogens with one attached hydrogen (secondary N) is 1. The van der Waals surface area contributed by atoms with Gasteiger partial charge in [-0.05, 0) is 17.7 Å². The van der Waals surface area contributed by atoms with Crippen LogP contribution < -0.4 is 10.9 Å². The molecule has 3 rings (SSSR count). The fourth-order valence-electron chi connectivity index (χ4n) is 2.26. The smallest absolute Gasteiger partial charge is 0.349 e. The van der Waals surface area contributed by atoms with Crippen molar-refractivity contribution in [1.29, 1.82) is 0 Å². The molecule has 24 heavy (non-hydrogen) atoms. The molecule has 0 saturated carbocycles. The molecule has 1 N–H and O–H groups in total. The highest BCUT2D eigenvalue weighted by Gasteiger charge is 2.15. The fourth-order valence-corrected chi connectivity index (χ4v) is 2.26. The Bertz CT molecular complexity index is 979. The molecule has 0 bridgehead atoms. The van der Waals surface area contributed by atoms with Gasteiger partial charge in [0.2, 0.25) is 0 Å². The van der Waals surface area contributed by atoms with Gasteiger partial charge in [-0.15, -0.1) is 0 Å². The molecule has 0 aliphatic heterocycles. The van der Waals surface area contributed by atoms with E-state index in [2.05, 4.69) is 5.32 Å². The monoisotopic (exact) mass is 324 g/mol. The average molecular weight is 324 g/mol. The highest BCUT2D eigenvalue weighted by Crippen LogP contribution is 2.20. The van der Waals surface area contributed by atoms with Gasteiger partial charge in [0.15, 0.2) is 0 Å². The van der Waals surface area contributed by atoms with E-state index in [1.165, 1.54) is 24.3 Å². The predicted molar refractivity (Wildman–Crippen MR) is 86.8 cm³/mol. The van der Waals surface area contributed by atoms with Gasteiger partial charge in [-0.25, -0.2) is 4.79 Å². The van der Waals surface area contributed by atoms with Crippen molar-refractivity contribution < 1.29 is 14.1 Å². The molecule has 120 valence electrons. The largest absolute Gasteiger partial charge is 0.422 e. The molecule has 0 fully saturated rings. The van der Waals surface area contributed by atoms with Crippen molar-refractivity contribution in [3.05, 3.63) is 86.3 Å². The lowest BCUT2D eigenvalue weighted by Crippen LogP contribution is -2.27. The van der Waals surface area contributed by atoms with Crippen molar-refractivity contribution >= 4 is 22.6 Å². The van der Waals surface area contributed by atoms with Crippen LogP contribution in [0.1, 0.15) is 15.9 Å². The number of nitrogens with zero attached hydrogens (tertiary/aromatic N) is 1. The van der Waals surface area contributed by atoms with Crippen molar-refractivity contribution in [3.63, 3.8) is 0 Å². The van der Waals surface area contributed by atoms with Crippen molar-refractivity contribution in [2.24, 2.45) is 0 Å². The summed E-state index contributed by atoms with van der Waals surface area (Å²) in [5, 5.41) is 13.8. The maximum atomic E-state index is 12.2. The van der Waals surface area contributed by atoms with E-state index in [0.717, 1.165) is 5.56 Å². The van der Waals surface area contributed by atoms with Gasteiger partial charge >= 0.3 is 5.63 Å². The lowest BCUT2D eigenvalue weighted by Gasteiger charge is -2.05. The summed E-state index contributed by atoms with van der Waals surface area (Å²) in [6.07, 6.45) is 0. The number of benzene rings is 2. The molecule has 0 radical (unpaired) electrons. The highest BCUT2D eigenvalue weighted by atomic mass is 16.6. The van der Waals surface area contributed by atoms with Gasteiger partial charge in [-0.2, -0.15) is 0 Å². The van der Waals surface area contributed by atoms with E-state index in [4.69, 9.17) is 4.42 Å². The molecule has 1 aromatic heterocycles. The first kappa shape index (κ1) is 15.4. The van der Waals surface area contributed by atoms with E-state index >= 15 is 0 Å². The van der Waals surface area contributed by atoms with Crippen LogP contribution in [0.3, 0.4) is 0 Å². The Balaban J connectivity index is 1.90. The van der Waals surface area contributed by atoms with Gasteiger partial charge in [-0.3, -0.25) is 14.9 Å². The molecule has 1 heterocycles. The Morgan fingerprint density at radius 3 is 2.58 bits per heavy atom. The van der Waals surface area contributed by atoms with Gasteiger partial charge in [0.1, 0.15) is 11.1 Å². The topological polar surface area (TPSA) is 102 Å². The SMILES string of the molecule is O=C(NCc1ccccc1)c1cc2cc([N+](=O)[O-])ccc2oc1=O. The molecule has 0 aliphatic rings. The molecule has 3 aromatic rings. The Hall–Kier alpha value is -3.48. The van der Waals surface area contributed by atoms with E-state index in [9.17, 15) is 19.7 Å². The number of hydrogen-bond donors (Lipinski definition) is 1. The van der Waals surface area contributed by atoms with Crippen LogP contribution in [-0.4, -0.2) is 10.8 Å². The Morgan fingerprint density at radius 1 is 1.12 bits per heavy atom. The van der Waals surface area contributed by atoms with Crippen LogP contribution in [0.2, 0.25) is 0 Å². The normalized spacial score (nSPS) is 10.5. The number of non-ortho nitro benzene ring substituents is 1. The number of carbonyl (C=O) groups is 1. The lowest BCUT2D eigenvalue weighted by molar-refractivity contribution is -0.384. The number of rotatable bonds is 4. The summed E-state index contributed by atoms with van der Waals surface area (Å²) in [6, 6.07) is 14.3. The molecule has 0 unspecified atom stereocenters. The van der Waals surface area contributed by atoms with Crippen molar-refractivity contribution in [1.82, 2.24) is 5.32 Å². The third kappa shape index (κ3) is 3.14. The van der Waals surface area contributed by atoms with Crippen LogP contribution in [0.5, 0.6) is 0 Å². The summed E-state index contributed by atoms with van der Waals surface area (Å²) in [5.74, 6) is -0.596. The summed E-state index contributed by atoms with van der Waals surface area (Å²) >= 11 is 0. The van der Waals surface area contributed by atoms with Gasteiger partial charge in [0.25, 0.3) is 11.6 Å². The van der Waals surface area contributed by atoms with Crippen LogP contribution in [0.4, 0.5) is 5.69 Å². The van der Waals surface area contributed by atoms with Crippen LogP contribution >= 0.6 is 0 Å². The summed E-state index contributed by atoms with van der Waals surface area (Å²) in [6.45, 7) is 0.256. The standard InChI is InChI=1S/C17H12N2O5/c20-16(18-10-11-4-2-1-3-5-11)14-9-12-8-13(19(22)23)6-7-15(12)24-17(14)21/h1-9H,10H2,(H,18,20). The van der Waals surface area contributed by atoms with Crippen LogP contribution in [0.25, 0.3) is 11.0 Å². The minimum atomic E-state index is -0.790. The maximum Gasteiger partial charge on any atom is 0.349 e. The van der Waals surface area contributed by atoms with Crippen LogP contribution in [-0.2, 0) is 6.54 Å². The van der Waals surface area contributed by atoms with E-state index in [1.54, 1.807) is 0 Å². The van der Waals surface area contributed by atoms with Crippen molar-refractivity contribution in [3.8, 4) is 0 Å². The average Bonchev–Trinajstić information content (AvgIpc) is 2.59. The molecule has 0 spiro atoms. The molecule has 2 aromatic carbocycles. The molecule has 7 nitrogen and oxygen atoms in total. The first-order valence-corrected chi connectivity index (χ1v) is 7.09. The van der Waals surface area contributed by atoms with Gasteiger partial charge in [-0.1, -0.05) is 30.3 Å². The zero-order chi connectivity index (χ0) is 17.1. The van der Waals surface area contributed by atoms with Gasteiger partial charge < -0.3 is 9.73 Å². The van der Waals surface area contributed by atoms with Gasteiger partial charge in [0.05, 0.1) is 4.92 Å². The first-order valence-electron chi connectivity index (χ1n) is 7.09. The molecule has 0 saturated heterocycles. The quantitative estimate of drug-likeness (QED) is 0.451. The van der Waals surface area contributed by atoms with Crippen molar-refractivity contribution in [2.75, 3.05) is 0 Å². The number of nitro groups is 1. The Labute approximate surface area is 135 Å². The van der Waals surface area contributed by atoms with Crippen LogP contribution in [0, 0.1) is 10.1 Å². The molecule has 1 amide bonds. The molecule has 0 aliphatic carbocycles. The lowest BCUT2D eigenvalue weighted by atomic mass is 10.1. The number of hydrogen-bond acceptors (Lipinski definition) is 5. The number of carbonyl (C=O) groups excluding carboxylic acids is 1. The number of fused-ring (bicyclic) bond motifs is 1. The Kier molecular flexibility index (Phi) is 4.07. The number of amides is 1. The van der Waals surface area contributed by atoms with Crippen molar-refractivity contribution in [2.45, 2.75) is 6.54 Å². The predicted octanol–water partition coefficient (Wildman–Crippen LogP) is 2.63. The minimum absolute atomic E-state index is 0.146. The van der Waals surface area contributed by atoms with E-state index in [-0.39, 0.29) is 23.4 Å². The number of nitro benzene ring substituents is 1. The first-order chi connectivity index (χ1) is 11.5. The molecule has 7 heteroatoms. The molecule has 0 atom stereocenters. The van der Waals surface area contributed by atoms with Crippen LogP contribution in [0.15, 0.2) is 63.8 Å².